The van der Waals surface area contributed by atoms with Crippen LogP contribution in [0.4, 0.5) is 5.69 Å². The van der Waals surface area contributed by atoms with E-state index in [1.54, 1.807) is 0 Å². The fourth-order valence-electron chi connectivity index (χ4n) is 3.31. The molecule has 0 radical (unpaired) electrons. The number of aryl methyl sites for hydroxylation is 1. The zero-order chi connectivity index (χ0) is 19.6. The summed E-state index contributed by atoms with van der Waals surface area (Å²) in [5.41, 5.74) is 4.64. The van der Waals surface area contributed by atoms with Crippen molar-refractivity contribution in [1.82, 2.24) is 0 Å². The summed E-state index contributed by atoms with van der Waals surface area (Å²) in [5, 5.41) is 11.6. The van der Waals surface area contributed by atoms with Crippen LogP contribution in [0.25, 0.3) is 11.1 Å². The highest BCUT2D eigenvalue weighted by Crippen LogP contribution is 2.31. The molecule has 1 aliphatic rings. The Kier molecular flexibility index (Phi) is 5.33. The van der Waals surface area contributed by atoms with E-state index < -0.39 is 11.4 Å². The SMILES string of the molecule is CC(C)(C)C(=O)Nc1cccc(-c2ccc3c(c2)CC(C(=O)OO)CC3)c1. The number of carbonyl (C=O) groups excluding carboxylic acids is 2. The second kappa shape index (κ2) is 7.53. The number of hydrogen-bond acceptors (Lipinski definition) is 4. The molecule has 0 heterocycles. The zero-order valence-electron chi connectivity index (χ0n) is 15.9. The van der Waals surface area contributed by atoms with E-state index in [1.165, 1.54) is 5.56 Å². The first-order valence-corrected chi connectivity index (χ1v) is 9.17. The molecular formula is C22H25NO4. The highest BCUT2D eigenvalue weighted by molar-refractivity contribution is 5.95. The first-order chi connectivity index (χ1) is 12.8. The minimum Gasteiger partial charge on any atom is -0.326 e. The number of amides is 1. The van der Waals surface area contributed by atoms with Crippen molar-refractivity contribution in [3.05, 3.63) is 53.6 Å². The van der Waals surface area contributed by atoms with Gasteiger partial charge < -0.3 is 10.2 Å². The number of hydrogen-bond donors (Lipinski definition) is 2. The number of carbonyl (C=O) groups is 2. The average Bonchev–Trinajstić information content (AvgIpc) is 2.66. The van der Waals surface area contributed by atoms with Gasteiger partial charge >= 0.3 is 5.97 Å². The van der Waals surface area contributed by atoms with Crippen LogP contribution in [0.1, 0.15) is 38.3 Å². The summed E-state index contributed by atoms with van der Waals surface area (Å²) in [5.74, 6) is -0.913. The lowest BCUT2D eigenvalue weighted by Gasteiger charge is -2.23. The summed E-state index contributed by atoms with van der Waals surface area (Å²) < 4.78 is 0. The molecule has 0 aliphatic heterocycles. The third kappa shape index (κ3) is 4.37. The smallest absolute Gasteiger partial charge is 0.326 e. The van der Waals surface area contributed by atoms with Gasteiger partial charge in [0.15, 0.2) is 0 Å². The van der Waals surface area contributed by atoms with E-state index >= 15 is 0 Å². The van der Waals surface area contributed by atoms with Gasteiger partial charge in [-0.1, -0.05) is 51.1 Å². The van der Waals surface area contributed by atoms with Crippen molar-refractivity contribution in [2.75, 3.05) is 5.32 Å². The molecule has 0 bridgehead atoms. The molecule has 0 fully saturated rings. The third-order valence-corrected chi connectivity index (χ3v) is 4.99. The van der Waals surface area contributed by atoms with Crippen molar-refractivity contribution in [2.45, 2.75) is 40.0 Å². The molecule has 1 amide bonds. The molecule has 0 aromatic heterocycles. The largest absolute Gasteiger partial charge is 0.345 e. The minimum absolute atomic E-state index is 0.0320. The van der Waals surface area contributed by atoms with Crippen LogP contribution in [0.3, 0.4) is 0 Å². The first-order valence-electron chi connectivity index (χ1n) is 9.17. The monoisotopic (exact) mass is 367 g/mol. The fraction of sp³-hybridized carbons (Fsp3) is 0.364. The van der Waals surface area contributed by atoms with Gasteiger partial charge in [0.25, 0.3) is 0 Å². The Morgan fingerprint density at radius 2 is 1.81 bits per heavy atom. The Bertz CT molecular complexity index is 867. The van der Waals surface area contributed by atoms with E-state index in [4.69, 9.17) is 5.26 Å². The molecule has 2 N–H and O–H groups in total. The van der Waals surface area contributed by atoms with Gasteiger partial charge in [0.05, 0.1) is 5.92 Å². The molecule has 0 saturated heterocycles. The second-order valence-corrected chi connectivity index (χ2v) is 8.12. The molecule has 1 unspecified atom stereocenters. The Labute approximate surface area is 159 Å². The van der Waals surface area contributed by atoms with E-state index in [-0.39, 0.29) is 11.8 Å². The molecule has 3 rings (SSSR count). The maximum absolute atomic E-state index is 12.2. The molecule has 5 heteroatoms. The Morgan fingerprint density at radius 1 is 1.07 bits per heavy atom. The van der Waals surface area contributed by atoms with Gasteiger partial charge in [-0.3, -0.25) is 4.79 Å². The first kappa shape index (κ1) is 19.1. The lowest BCUT2D eigenvalue weighted by molar-refractivity contribution is -0.239. The molecule has 2 aromatic carbocycles. The molecule has 1 aliphatic carbocycles. The summed E-state index contributed by atoms with van der Waals surface area (Å²) in [6, 6.07) is 14.0. The van der Waals surface area contributed by atoms with Crippen LogP contribution in [-0.4, -0.2) is 17.1 Å². The van der Waals surface area contributed by atoms with E-state index in [1.807, 2.05) is 45.0 Å². The summed E-state index contributed by atoms with van der Waals surface area (Å²) in [7, 11) is 0. The van der Waals surface area contributed by atoms with Gasteiger partial charge in [0.1, 0.15) is 0 Å². The quantitative estimate of drug-likeness (QED) is 0.620. The van der Waals surface area contributed by atoms with Gasteiger partial charge in [-0.15, -0.1) is 0 Å². The van der Waals surface area contributed by atoms with E-state index in [2.05, 4.69) is 28.4 Å². The summed E-state index contributed by atoms with van der Waals surface area (Å²) in [6.07, 6.45) is 2.03. The maximum Gasteiger partial charge on any atom is 0.345 e. The van der Waals surface area contributed by atoms with Crippen LogP contribution >= 0.6 is 0 Å². The lowest BCUT2D eigenvalue weighted by Crippen LogP contribution is -2.27. The summed E-state index contributed by atoms with van der Waals surface area (Å²) >= 11 is 0. The Balaban J connectivity index is 1.84. The van der Waals surface area contributed by atoms with E-state index in [0.717, 1.165) is 28.8 Å². The maximum atomic E-state index is 12.2. The van der Waals surface area contributed by atoms with Gasteiger partial charge in [-0.25, -0.2) is 4.79 Å². The molecule has 27 heavy (non-hydrogen) atoms. The predicted molar refractivity (Wildman–Crippen MR) is 104 cm³/mol. The third-order valence-electron chi connectivity index (χ3n) is 4.99. The number of nitrogens with one attached hydrogen (secondary N) is 1. The highest BCUT2D eigenvalue weighted by atomic mass is 17.1. The number of benzene rings is 2. The predicted octanol–water partition coefficient (Wildman–Crippen LogP) is 4.46. The number of rotatable bonds is 3. The van der Waals surface area contributed by atoms with Crippen molar-refractivity contribution in [1.29, 1.82) is 0 Å². The molecule has 5 nitrogen and oxygen atoms in total. The number of anilines is 1. The van der Waals surface area contributed by atoms with Crippen LogP contribution in [-0.2, 0) is 27.3 Å². The van der Waals surface area contributed by atoms with E-state index in [0.29, 0.717) is 12.8 Å². The lowest BCUT2D eigenvalue weighted by atomic mass is 9.82. The Morgan fingerprint density at radius 3 is 2.52 bits per heavy atom. The minimum atomic E-state index is -0.571. The Hall–Kier alpha value is -2.66. The van der Waals surface area contributed by atoms with Crippen molar-refractivity contribution >= 4 is 17.6 Å². The molecule has 1 atom stereocenters. The van der Waals surface area contributed by atoms with Crippen molar-refractivity contribution in [3.8, 4) is 11.1 Å². The van der Waals surface area contributed by atoms with Gasteiger partial charge in [-0.05, 0) is 53.6 Å². The van der Waals surface area contributed by atoms with Gasteiger partial charge in [0, 0.05) is 11.1 Å². The van der Waals surface area contributed by atoms with Crippen LogP contribution in [0.15, 0.2) is 42.5 Å². The van der Waals surface area contributed by atoms with Crippen LogP contribution < -0.4 is 5.32 Å². The molecular weight excluding hydrogens is 342 g/mol. The molecule has 142 valence electrons. The highest BCUT2D eigenvalue weighted by Gasteiger charge is 2.26. The van der Waals surface area contributed by atoms with Crippen molar-refractivity contribution in [2.24, 2.45) is 11.3 Å². The topological polar surface area (TPSA) is 75.6 Å². The van der Waals surface area contributed by atoms with Gasteiger partial charge in [0.2, 0.25) is 5.91 Å². The van der Waals surface area contributed by atoms with Crippen molar-refractivity contribution in [3.63, 3.8) is 0 Å². The van der Waals surface area contributed by atoms with E-state index in [9.17, 15) is 9.59 Å². The van der Waals surface area contributed by atoms with Crippen molar-refractivity contribution < 1.29 is 19.7 Å². The van der Waals surface area contributed by atoms with Crippen LogP contribution in [0, 0.1) is 11.3 Å². The summed E-state index contributed by atoms with van der Waals surface area (Å²) in [4.78, 5) is 27.8. The number of fused-ring (bicyclic) bond motifs is 1. The second-order valence-electron chi connectivity index (χ2n) is 8.12. The molecule has 2 aromatic rings. The van der Waals surface area contributed by atoms with Crippen LogP contribution in [0.5, 0.6) is 0 Å². The summed E-state index contributed by atoms with van der Waals surface area (Å²) in [6.45, 7) is 5.64. The molecule has 0 spiro atoms. The zero-order valence-corrected chi connectivity index (χ0v) is 15.9. The normalized spacial score (nSPS) is 16.4. The molecule has 0 saturated carbocycles. The van der Waals surface area contributed by atoms with Crippen LogP contribution in [0.2, 0.25) is 0 Å². The fourth-order valence-corrected chi connectivity index (χ4v) is 3.31. The standard InChI is InChI=1S/C22H25NO4/c1-22(2,3)21(25)23-19-6-4-5-15(13-19)16-9-7-14-8-10-17(20(24)27-26)12-18(14)11-16/h4-7,9,11,13,17,26H,8,10,12H2,1-3H3,(H,23,25). The average molecular weight is 367 g/mol. The van der Waals surface area contributed by atoms with Gasteiger partial charge in [-0.2, -0.15) is 5.26 Å².